The number of hydrogen-bond donors (Lipinski definition) is 2. The van der Waals surface area contributed by atoms with Crippen molar-refractivity contribution in [3.63, 3.8) is 0 Å². The molecular weight excluding hydrogens is 364 g/mol. The molecule has 0 unspecified atom stereocenters. The third kappa shape index (κ3) is 4.35. The number of nitrogens with one attached hydrogen (secondary N) is 2. The highest BCUT2D eigenvalue weighted by molar-refractivity contribution is 7.98. The number of carbonyl (C=O) groups excluding carboxylic acids is 2. The fraction of sp³-hybridized carbons (Fsp3) is 0.158. The lowest BCUT2D eigenvalue weighted by atomic mass is 10.2. The molecule has 1 aromatic carbocycles. The normalized spacial score (nSPS) is 10.5. The number of aromatic nitrogens is 2. The summed E-state index contributed by atoms with van der Waals surface area (Å²) in [6, 6.07) is 10.4. The maximum atomic E-state index is 12.8. The summed E-state index contributed by atoms with van der Waals surface area (Å²) in [5, 5.41) is 6.09. The monoisotopic (exact) mass is 382 g/mol. The molecule has 8 heteroatoms. The molecule has 0 aliphatic rings. The number of nitrogens with zero attached hydrogens (tertiary/aromatic N) is 2. The molecule has 2 N–H and O–H groups in total. The largest absolute Gasteiger partial charge is 0.461 e. The summed E-state index contributed by atoms with van der Waals surface area (Å²) in [6.45, 7) is 3.21. The number of rotatable bonds is 5. The maximum Gasteiger partial charge on any atom is 0.260 e. The minimum Gasteiger partial charge on any atom is -0.461 e. The van der Waals surface area contributed by atoms with Crippen LogP contribution >= 0.6 is 11.8 Å². The Hall–Kier alpha value is -3.13. The highest BCUT2D eigenvalue weighted by Gasteiger charge is 2.20. The number of hydrogen-bond acceptors (Lipinski definition) is 6. The lowest BCUT2D eigenvalue weighted by Crippen LogP contribution is -2.17. The van der Waals surface area contributed by atoms with E-state index in [1.165, 1.54) is 18.7 Å². The molecule has 0 saturated carbocycles. The standard InChI is InChI=1S/C19H18N4O3S/c1-11-16(19(27-3)23-17(20-11)15-5-4-10-26-15)18(25)22-14-8-6-13(7-9-14)21-12(2)24/h4-10H,1-3H3,(H,21,24)(H,22,25). The van der Waals surface area contributed by atoms with Crippen molar-refractivity contribution in [2.24, 2.45) is 0 Å². The SMILES string of the molecule is CSc1nc(-c2ccco2)nc(C)c1C(=O)Nc1ccc(NC(C)=O)cc1. The second kappa shape index (κ2) is 8.05. The van der Waals surface area contributed by atoms with Gasteiger partial charge in [-0.25, -0.2) is 9.97 Å². The van der Waals surface area contributed by atoms with Crippen LogP contribution in [-0.4, -0.2) is 28.0 Å². The number of aryl methyl sites for hydroxylation is 1. The molecule has 0 radical (unpaired) electrons. The van der Waals surface area contributed by atoms with Gasteiger partial charge in [0.15, 0.2) is 11.6 Å². The first kappa shape index (κ1) is 18.7. The minimum atomic E-state index is -0.296. The molecule has 0 bridgehead atoms. The fourth-order valence-electron chi connectivity index (χ4n) is 2.51. The summed E-state index contributed by atoms with van der Waals surface area (Å²) in [7, 11) is 0. The molecule has 0 spiro atoms. The Bertz CT molecular complexity index is 969. The predicted octanol–water partition coefficient (Wildman–Crippen LogP) is 3.98. The van der Waals surface area contributed by atoms with Crippen LogP contribution in [0.4, 0.5) is 11.4 Å². The predicted molar refractivity (Wildman–Crippen MR) is 105 cm³/mol. The number of thioether (sulfide) groups is 1. The number of carbonyl (C=O) groups is 2. The van der Waals surface area contributed by atoms with E-state index in [0.717, 1.165) is 0 Å². The molecule has 3 rings (SSSR count). The van der Waals surface area contributed by atoms with Gasteiger partial charge in [0.2, 0.25) is 5.91 Å². The van der Waals surface area contributed by atoms with Gasteiger partial charge in [0, 0.05) is 18.3 Å². The zero-order valence-corrected chi connectivity index (χ0v) is 15.9. The van der Waals surface area contributed by atoms with Crippen molar-refractivity contribution in [1.82, 2.24) is 9.97 Å². The van der Waals surface area contributed by atoms with Crippen molar-refractivity contribution in [2.75, 3.05) is 16.9 Å². The molecule has 2 heterocycles. The van der Waals surface area contributed by atoms with Gasteiger partial charge < -0.3 is 15.1 Å². The zero-order valence-electron chi connectivity index (χ0n) is 15.1. The molecular formula is C19H18N4O3S. The topological polar surface area (TPSA) is 97.1 Å². The molecule has 2 amide bonds. The average molecular weight is 382 g/mol. The van der Waals surface area contributed by atoms with E-state index in [2.05, 4.69) is 20.6 Å². The van der Waals surface area contributed by atoms with E-state index in [4.69, 9.17) is 4.42 Å². The third-order valence-corrected chi connectivity index (χ3v) is 4.36. The molecule has 0 fully saturated rings. The molecule has 2 aromatic heterocycles. The van der Waals surface area contributed by atoms with Gasteiger partial charge in [0.25, 0.3) is 5.91 Å². The number of benzene rings is 1. The van der Waals surface area contributed by atoms with Crippen LogP contribution < -0.4 is 10.6 Å². The summed E-state index contributed by atoms with van der Waals surface area (Å²) in [4.78, 5) is 32.7. The summed E-state index contributed by atoms with van der Waals surface area (Å²) in [6.07, 6.45) is 3.41. The zero-order chi connectivity index (χ0) is 19.4. The van der Waals surface area contributed by atoms with E-state index in [0.29, 0.717) is 39.2 Å². The smallest absolute Gasteiger partial charge is 0.260 e. The van der Waals surface area contributed by atoms with Crippen molar-refractivity contribution in [3.8, 4) is 11.6 Å². The first-order chi connectivity index (χ1) is 13.0. The molecule has 0 aliphatic heterocycles. The van der Waals surface area contributed by atoms with Gasteiger partial charge >= 0.3 is 0 Å². The summed E-state index contributed by atoms with van der Waals surface area (Å²) in [5.41, 5.74) is 2.25. The van der Waals surface area contributed by atoms with Crippen LogP contribution in [0.1, 0.15) is 23.0 Å². The Morgan fingerprint density at radius 3 is 2.26 bits per heavy atom. The van der Waals surface area contributed by atoms with Crippen LogP contribution in [0.2, 0.25) is 0 Å². The van der Waals surface area contributed by atoms with Crippen molar-refractivity contribution in [3.05, 3.63) is 53.9 Å². The van der Waals surface area contributed by atoms with Gasteiger partial charge in [-0.3, -0.25) is 9.59 Å². The first-order valence-corrected chi connectivity index (χ1v) is 9.36. The quantitative estimate of drug-likeness (QED) is 0.512. The van der Waals surface area contributed by atoms with E-state index < -0.39 is 0 Å². The second-order valence-electron chi connectivity index (χ2n) is 5.71. The van der Waals surface area contributed by atoms with Gasteiger partial charge in [0.1, 0.15) is 5.03 Å². The van der Waals surface area contributed by atoms with Gasteiger partial charge in [-0.2, -0.15) is 0 Å². The Labute approximate surface area is 160 Å². The van der Waals surface area contributed by atoms with Crippen LogP contribution in [0.15, 0.2) is 52.1 Å². The Balaban J connectivity index is 1.85. The highest BCUT2D eigenvalue weighted by atomic mass is 32.2. The van der Waals surface area contributed by atoms with Crippen molar-refractivity contribution in [2.45, 2.75) is 18.9 Å². The first-order valence-electron chi connectivity index (χ1n) is 8.13. The number of furan rings is 1. The molecule has 138 valence electrons. The van der Waals surface area contributed by atoms with Gasteiger partial charge in [-0.15, -0.1) is 11.8 Å². The Kier molecular flexibility index (Phi) is 5.56. The van der Waals surface area contributed by atoms with Gasteiger partial charge in [-0.1, -0.05) is 0 Å². The Morgan fingerprint density at radius 2 is 1.70 bits per heavy atom. The molecule has 0 atom stereocenters. The van der Waals surface area contributed by atoms with Crippen LogP contribution in [0, 0.1) is 6.92 Å². The molecule has 0 aliphatic carbocycles. The van der Waals surface area contributed by atoms with Crippen molar-refractivity contribution < 1.29 is 14.0 Å². The summed E-state index contributed by atoms with van der Waals surface area (Å²) < 4.78 is 5.34. The fourth-order valence-corrected chi connectivity index (χ4v) is 3.13. The van der Waals surface area contributed by atoms with E-state index in [1.54, 1.807) is 49.6 Å². The molecule has 0 saturated heterocycles. The minimum absolute atomic E-state index is 0.152. The van der Waals surface area contributed by atoms with Crippen LogP contribution in [0.3, 0.4) is 0 Å². The van der Waals surface area contributed by atoms with E-state index >= 15 is 0 Å². The lowest BCUT2D eigenvalue weighted by Gasteiger charge is -2.12. The molecule has 3 aromatic rings. The average Bonchev–Trinajstić information content (AvgIpc) is 3.16. The van der Waals surface area contributed by atoms with Crippen LogP contribution in [0.25, 0.3) is 11.6 Å². The third-order valence-electron chi connectivity index (χ3n) is 3.68. The van der Waals surface area contributed by atoms with Crippen LogP contribution in [-0.2, 0) is 4.79 Å². The summed E-state index contributed by atoms with van der Waals surface area (Å²) >= 11 is 1.37. The van der Waals surface area contributed by atoms with Crippen molar-refractivity contribution in [1.29, 1.82) is 0 Å². The van der Waals surface area contributed by atoms with Gasteiger partial charge in [0.05, 0.1) is 17.5 Å². The van der Waals surface area contributed by atoms with E-state index in [1.807, 2.05) is 6.26 Å². The number of amides is 2. The van der Waals surface area contributed by atoms with Crippen LogP contribution in [0.5, 0.6) is 0 Å². The van der Waals surface area contributed by atoms with E-state index in [-0.39, 0.29) is 11.8 Å². The maximum absolute atomic E-state index is 12.8. The lowest BCUT2D eigenvalue weighted by molar-refractivity contribution is -0.114. The second-order valence-corrected chi connectivity index (χ2v) is 6.50. The Morgan fingerprint density at radius 1 is 1.04 bits per heavy atom. The number of anilines is 2. The summed E-state index contributed by atoms with van der Waals surface area (Å²) in [5.74, 6) is 0.544. The molecule has 7 nitrogen and oxygen atoms in total. The highest BCUT2D eigenvalue weighted by Crippen LogP contribution is 2.26. The molecule has 27 heavy (non-hydrogen) atoms. The van der Waals surface area contributed by atoms with Crippen molar-refractivity contribution >= 4 is 35.0 Å². The van der Waals surface area contributed by atoms with Gasteiger partial charge in [-0.05, 0) is 49.6 Å². The van der Waals surface area contributed by atoms with E-state index in [9.17, 15) is 9.59 Å².